The molecule has 4 rings (SSSR count). The lowest BCUT2D eigenvalue weighted by molar-refractivity contribution is -0.132. The second-order valence-corrected chi connectivity index (χ2v) is 10.5. The summed E-state index contributed by atoms with van der Waals surface area (Å²) in [4.78, 5) is 30.4. The van der Waals surface area contributed by atoms with E-state index in [1.54, 1.807) is 18.2 Å². The van der Waals surface area contributed by atoms with Gasteiger partial charge in [0.25, 0.3) is 11.7 Å². The van der Waals surface area contributed by atoms with Crippen LogP contribution in [0.4, 0.5) is 11.4 Å². The van der Waals surface area contributed by atoms with E-state index in [0.717, 1.165) is 11.3 Å². The van der Waals surface area contributed by atoms with Crippen molar-refractivity contribution in [3.05, 3.63) is 89.0 Å². The third kappa shape index (κ3) is 4.84. The molecule has 1 aliphatic heterocycles. The molecule has 1 unspecified atom stereocenters. The average molecular weight is 515 g/mol. The Hall–Kier alpha value is -4.26. The van der Waals surface area contributed by atoms with Crippen molar-refractivity contribution in [3.8, 4) is 11.5 Å². The van der Waals surface area contributed by atoms with E-state index in [9.17, 15) is 14.7 Å². The van der Waals surface area contributed by atoms with Gasteiger partial charge in [0.2, 0.25) is 0 Å². The lowest BCUT2D eigenvalue weighted by Crippen LogP contribution is -2.29. The molecule has 1 saturated heterocycles. The number of aliphatic hydroxyl groups excluding tert-OH is 1. The summed E-state index contributed by atoms with van der Waals surface area (Å²) in [6.07, 6.45) is 0. The minimum atomic E-state index is -0.832. The first-order valence-corrected chi connectivity index (χ1v) is 12.4. The third-order valence-corrected chi connectivity index (χ3v) is 6.84. The van der Waals surface area contributed by atoms with Gasteiger partial charge in [0, 0.05) is 31.5 Å². The van der Waals surface area contributed by atoms with Gasteiger partial charge in [-0.25, -0.2) is 0 Å². The maximum atomic E-state index is 13.5. The summed E-state index contributed by atoms with van der Waals surface area (Å²) >= 11 is 0. The molecule has 0 radical (unpaired) electrons. The molecule has 0 bridgehead atoms. The van der Waals surface area contributed by atoms with Crippen LogP contribution in [0.15, 0.2) is 72.3 Å². The van der Waals surface area contributed by atoms with E-state index in [-0.39, 0.29) is 16.7 Å². The van der Waals surface area contributed by atoms with Crippen molar-refractivity contribution in [1.82, 2.24) is 0 Å². The van der Waals surface area contributed by atoms with E-state index < -0.39 is 17.7 Å². The topological polar surface area (TPSA) is 79.3 Å². The number of carbonyl (C=O) groups excluding carboxylic acids is 2. The smallest absolute Gasteiger partial charge is 0.300 e. The number of anilines is 2. The van der Waals surface area contributed by atoms with E-state index in [4.69, 9.17) is 9.47 Å². The highest BCUT2D eigenvalue weighted by molar-refractivity contribution is 6.51. The number of ether oxygens (including phenoxy) is 2. The molecule has 3 aromatic carbocycles. The largest absolute Gasteiger partial charge is 0.507 e. The van der Waals surface area contributed by atoms with Crippen molar-refractivity contribution >= 4 is 28.8 Å². The summed E-state index contributed by atoms with van der Waals surface area (Å²) in [6, 6.07) is 19.3. The van der Waals surface area contributed by atoms with Crippen LogP contribution in [0.1, 0.15) is 43.5 Å². The van der Waals surface area contributed by atoms with Crippen LogP contribution in [0.3, 0.4) is 0 Å². The zero-order chi connectivity index (χ0) is 27.8. The van der Waals surface area contributed by atoms with Gasteiger partial charge in [-0.15, -0.1) is 0 Å². The second-order valence-electron chi connectivity index (χ2n) is 10.5. The van der Waals surface area contributed by atoms with Gasteiger partial charge in [-0.05, 0) is 52.9 Å². The maximum absolute atomic E-state index is 13.5. The van der Waals surface area contributed by atoms with Crippen LogP contribution in [-0.2, 0) is 15.0 Å². The number of amides is 1. The molecule has 1 aliphatic rings. The van der Waals surface area contributed by atoms with Crippen LogP contribution in [-0.4, -0.2) is 45.1 Å². The lowest BCUT2D eigenvalue weighted by Gasteiger charge is -2.27. The molecule has 0 aliphatic carbocycles. The van der Waals surface area contributed by atoms with Crippen LogP contribution >= 0.6 is 0 Å². The predicted molar refractivity (Wildman–Crippen MR) is 150 cm³/mol. The molecule has 1 fully saturated rings. The number of Topliss-reactive ketones (excluding diaryl/α,β-unsaturated/α-hetero) is 1. The zero-order valence-corrected chi connectivity index (χ0v) is 22.9. The molecule has 38 heavy (non-hydrogen) atoms. The number of nitrogens with zero attached hydrogens (tertiary/aromatic N) is 2. The van der Waals surface area contributed by atoms with Crippen LogP contribution in [0.2, 0.25) is 0 Å². The standard InChI is InChI=1S/C31H34N2O5/c1-31(2,3)20-10-8-19(9-11-20)27-26(28(34)24-17-16-23(37-6)18-25(24)38-7)29(35)30(36)33(27)22-14-12-21(13-15-22)32(4)5/h8-18,27,34H,1-7H3/b28-26-. The van der Waals surface area contributed by atoms with Crippen LogP contribution in [0.5, 0.6) is 11.5 Å². The van der Waals surface area contributed by atoms with E-state index in [0.29, 0.717) is 28.3 Å². The predicted octanol–water partition coefficient (Wildman–Crippen LogP) is 5.69. The first kappa shape index (κ1) is 26.8. The number of ketones is 1. The molecule has 7 nitrogen and oxygen atoms in total. The van der Waals surface area contributed by atoms with Crippen LogP contribution in [0, 0.1) is 0 Å². The van der Waals surface area contributed by atoms with Crippen molar-refractivity contribution in [3.63, 3.8) is 0 Å². The molecular formula is C31H34N2O5. The Bertz CT molecular complexity index is 1380. The van der Waals surface area contributed by atoms with E-state index in [2.05, 4.69) is 20.8 Å². The summed E-state index contributed by atoms with van der Waals surface area (Å²) < 4.78 is 10.8. The summed E-state index contributed by atoms with van der Waals surface area (Å²) in [5.74, 6) is -0.914. The molecule has 1 amide bonds. The van der Waals surface area contributed by atoms with E-state index in [1.807, 2.05) is 67.5 Å². The van der Waals surface area contributed by atoms with Gasteiger partial charge in [-0.3, -0.25) is 14.5 Å². The fourth-order valence-corrected chi connectivity index (χ4v) is 4.63. The molecule has 3 aromatic rings. The number of aliphatic hydroxyl groups is 1. The Morgan fingerprint density at radius 1 is 0.895 bits per heavy atom. The fraction of sp³-hybridized carbons (Fsp3) is 0.290. The lowest BCUT2D eigenvalue weighted by atomic mass is 9.85. The first-order valence-electron chi connectivity index (χ1n) is 12.4. The molecule has 1 atom stereocenters. The molecule has 0 spiro atoms. The monoisotopic (exact) mass is 514 g/mol. The van der Waals surface area contributed by atoms with E-state index >= 15 is 0 Å². The van der Waals surface area contributed by atoms with Gasteiger partial charge in [0.1, 0.15) is 17.3 Å². The fourth-order valence-electron chi connectivity index (χ4n) is 4.63. The molecule has 0 saturated carbocycles. The van der Waals surface area contributed by atoms with Crippen molar-refractivity contribution < 1.29 is 24.2 Å². The number of hydrogen-bond donors (Lipinski definition) is 1. The van der Waals surface area contributed by atoms with Gasteiger partial charge in [0.15, 0.2) is 0 Å². The Kier molecular flexibility index (Phi) is 7.22. The number of hydrogen-bond acceptors (Lipinski definition) is 6. The van der Waals surface area contributed by atoms with Crippen molar-refractivity contribution in [2.45, 2.75) is 32.2 Å². The minimum Gasteiger partial charge on any atom is -0.507 e. The first-order chi connectivity index (χ1) is 18.0. The Labute approximate surface area is 223 Å². The number of rotatable bonds is 6. The summed E-state index contributed by atoms with van der Waals surface area (Å²) in [7, 11) is 6.86. The number of benzene rings is 3. The molecule has 198 valence electrons. The van der Waals surface area contributed by atoms with Gasteiger partial charge >= 0.3 is 0 Å². The highest BCUT2D eigenvalue weighted by Gasteiger charge is 2.47. The molecule has 1 heterocycles. The van der Waals surface area contributed by atoms with E-state index in [1.165, 1.54) is 19.1 Å². The highest BCUT2D eigenvalue weighted by Crippen LogP contribution is 2.44. The second kappa shape index (κ2) is 10.2. The Morgan fingerprint density at radius 3 is 2.05 bits per heavy atom. The van der Waals surface area contributed by atoms with Gasteiger partial charge < -0.3 is 19.5 Å². The SMILES string of the molecule is COc1ccc(/C(O)=C2/C(=O)C(=O)N(c3ccc(N(C)C)cc3)C2c2ccc(C(C)(C)C)cc2)c(OC)c1. The Morgan fingerprint density at radius 2 is 1.53 bits per heavy atom. The normalized spacial score (nSPS) is 17.0. The summed E-state index contributed by atoms with van der Waals surface area (Å²) in [5, 5.41) is 11.5. The van der Waals surface area contributed by atoms with Crippen molar-refractivity contribution in [2.75, 3.05) is 38.1 Å². The van der Waals surface area contributed by atoms with Gasteiger partial charge in [-0.2, -0.15) is 0 Å². The number of methoxy groups -OCH3 is 2. The molecule has 7 heteroatoms. The summed E-state index contributed by atoms with van der Waals surface area (Å²) in [6.45, 7) is 6.36. The average Bonchev–Trinajstić information content (AvgIpc) is 3.17. The quantitative estimate of drug-likeness (QED) is 0.259. The maximum Gasteiger partial charge on any atom is 0.300 e. The molecule has 1 N–H and O–H groups in total. The van der Waals surface area contributed by atoms with Crippen molar-refractivity contribution in [1.29, 1.82) is 0 Å². The van der Waals surface area contributed by atoms with Crippen LogP contribution in [0.25, 0.3) is 5.76 Å². The minimum absolute atomic E-state index is 0.00124. The summed E-state index contributed by atoms with van der Waals surface area (Å²) in [5.41, 5.74) is 3.57. The highest BCUT2D eigenvalue weighted by atomic mass is 16.5. The number of carbonyl (C=O) groups is 2. The third-order valence-electron chi connectivity index (χ3n) is 6.84. The molecular weight excluding hydrogens is 480 g/mol. The Balaban J connectivity index is 1.93. The zero-order valence-electron chi connectivity index (χ0n) is 22.9. The van der Waals surface area contributed by atoms with Gasteiger partial charge in [-0.1, -0.05) is 45.0 Å². The van der Waals surface area contributed by atoms with Gasteiger partial charge in [0.05, 0.1) is 31.4 Å². The molecule has 0 aromatic heterocycles. The van der Waals surface area contributed by atoms with Crippen molar-refractivity contribution in [2.24, 2.45) is 0 Å². The van der Waals surface area contributed by atoms with Crippen LogP contribution < -0.4 is 19.3 Å².